The number of hydrogen-bond acceptors (Lipinski definition) is 3. The minimum Gasteiger partial charge on any atom is -0.457 e. The maximum Gasteiger partial charge on any atom is 0.132 e. The first-order chi connectivity index (χ1) is 34.2. The second-order valence-corrected chi connectivity index (χ2v) is 19.7. The van der Waals surface area contributed by atoms with Crippen LogP contribution in [0.15, 0.2) is 249 Å². The summed E-state index contributed by atoms with van der Waals surface area (Å²) < 4.78 is 9.56. The van der Waals surface area contributed by atoms with Crippen LogP contribution in [0.2, 0.25) is 0 Å². The molecular weight excluding hydrogens is 855 g/mol. The molecule has 0 fully saturated rings. The molecule has 2 aliphatic carbocycles. The molecule has 1 spiro atoms. The number of anilines is 3. The van der Waals surface area contributed by atoms with Crippen molar-refractivity contribution in [2.24, 2.45) is 0 Å². The molecule has 0 saturated carbocycles. The van der Waals surface area contributed by atoms with E-state index in [2.05, 4.69) is 254 Å². The number of benzene rings is 11. The third kappa shape index (κ3) is 5.15. The average Bonchev–Trinajstić information content (AvgIpc) is 4.04. The van der Waals surface area contributed by atoms with E-state index in [1.54, 1.807) is 0 Å². The highest BCUT2D eigenvalue weighted by molar-refractivity contribution is 7.26. The second kappa shape index (κ2) is 14.5. The van der Waals surface area contributed by atoms with Crippen LogP contribution in [0.1, 0.15) is 44.5 Å². The zero-order chi connectivity index (χ0) is 45.3. The van der Waals surface area contributed by atoms with Gasteiger partial charge in [0.25, 0.3) is 0 Å². The molecule has 11 aromatic carbocycles. The number of nitrogens with zero attached hydrogens (tertiary/aromatic N) is 1. The molecule has 69 heavy (non-hydrogen) atoms. The fraction of sp³-hybridized carbons (Fsp3) is 0.0303. The Labute approximate surface area is 404 Å². The van der Waals surface area contributed by atoms with Gasteiger partial charge in [0.15, 0.2) is 0 Å². The molecular formula is C66H41NOS. The van der Waals surface area contributed by atoms with Crippen molar-refractivity contribution in [3.63, 3.8) is 0 Å². The van der Waals surface area contributed by atoms with Gasteiger partial charge < -0.3 is 9.64 Å². The zero-order valence-electron chi connectivity index (χ0n) is 37.4. The lowest BCUT2D eigenvalue weighted by Crippen LogP contribution is -2.32. The Hall–Kier alpha value is -8.50. The summed E-state index contributed by atoms with van der Waals surface area (Å²) in [6, 6.07) is 92.5. The molecule has 12 aromatic rings. The first kappa shape index (κ1) is 38.6. The smallest absolute Gasteiger partial charge is 0.132 e. The fourth-order valence-electron chi connectivity index (χ4n) is 12.7. The van der Waals surface area contributed by atoms with Gasteiger partial charge in [-0.3, -0.25) is 0 Å². The van der Waals surface area contributed by atoms with E-state index in [0.29, 0.717) is 0 Å². The Balaban J connectivity index is 1.09. The summed E-state index contributed by atoms with van der Waals surface area (Å²) in [5.41, 5.74) is 16.9. The van der Waals surface area contributed by atoms with E-state index >= 15 is 0 Å². The van der Waals surface area contributed by atoms with Gasteiger partial charge in [0.1, 0.15) is 11.5 Å². The van der Waals surface area contributed by atoms with Crippen LogP contribution in [0.5, 0.6) is 11.5 Å². The van der Waals surface area contributed by atoms with Crippen molar-refractivity contribution in [2.45, 2.75) is 10.8 Å². The van der Waals surface area contributed by atoms with Crippen LogP contribution < -0.4 is 9.64 Å². The topological polar surface area (TPSA) is 12.5 Å². The summed E-state index contributed by atoms with van der Waals surface area (Å²) in [6.45, 7) is 0. The molecule has 2 nitrogen and oxygen atoms in total. The molecule has 0 amide bonds. The van der Waals surface area contributed by atoms with Crippen LogP contribution in [0.4, 0.5) is 17.1 Å². The van der Waals surface area contributed by atoms with Crippen molar-refractivity contribution in [1.29, 1.82) is 0 Å². The maximum atomic E-state index is 7.03. The molecule has 0 atom stereocenters. The quantitative estimate of drug-likeness (QED) is 0.171. The van der Waals surface area contributed by atoms with E-state index in [9.17, 15) is 0 Å². The first-order valence-electron chi connectivity index (χ1n) is 23.8. The van der Waals surface area contributed by atoms with Crippen molar-refractivity contribution in [1.82, 2.24) is 0 Å². The lowest BCUT2D eigenvalue weighted by molar-refractivity contribution is 0.436. The third-order valence-corrected chi connectivity index (χ3v) is 16.5. The summed E-state index contributed by atoms with van der Waals surface area (Å²) in [7, 11) is 0. The van der Waals surface area contributed by atoms with Crippen LogP contribution in [-0.4, -0.2) is 0 Å². The van der Waals surface area contributed by atoms with E-state index in [1.165, 1.54) is 86.6 Å². The van der Waals surface area contributed by atoms with Crippen LogP contribution in [0, 0.1) is 0 Å². The predicted octanol–water partition coefficient (Wildman–Crippen LogP) is 17.5. The van der Waals surface area contributed by atoms with Gasteiger partial charge in [-0.15, -0.1) is 11.3 Å². The Morgan fingerprint density at radius 2 is 0.913 bits per heavy atom. The molecule has 0 N–H and O–H groups in total. The van der Waals surface area contributed by atoms with E-state index in [4.69, 9.17) is 4.74 Å². The van der Waals surface area contributed by atoms with Crippen LogP contribution in [0.25, 0.3) is 53.2 Å². The van der Waals surface area contributed by atoms with Gasteiger partial charge in [-0.1, -0.05) is 188 Å². The van der Waals surface area contributed by atoms with Crippen LogP contribution in [-0.2, 0) is 10.8 Å². The number of hydrogen-bond donors (Lipinski definition) is 0. The van der Waals surface area contributed by atoms with Gasteiger partial charge in [-0.25, -0.2) is 0 Å². The van der Waals surface area contributed by atoms with Crippen molar-refractivity contribution in [3.8, 4) is 33.8 Å². The van der Waals surface area contributed by atoms with Crippen molar-refractivity contribution >= 4 is 59.3 Å². The molecule has 15 rings (SSSR count). The van der Waals surface area contributed by atoms with Crippen LogP contribution in [0.3, 0.4) is 0 Å². The molecule has 3 aliphatic rings. The highest BCUT2D eigenvalue weighted by Gasteiger charge is 2.52. The SMILES string of the molecule is c1ccc(C2(c3ccccc3)c3cc4ccccc4cc3-c3c(N(c4ccc5c(c4)C4(c6ccccc6O5)c5ccccc5-c5ccccc54)c4cccc5sc6ccccc6c45)cccc32)cc1. The highest BCUT2D eigenvalue weighted by atomic mass is 32.1. The largest absolute Gasteiger partial charge is 0.457 e. The van der Waals surface area contributed by atoms with Crippen molar-refractivity contribution < 1.29 is 4.74 Å². The van der Waals surface area contributed by atoms with Gasteiger partial charge in [-0.2, -0.15) is 0 Å². The molecule has 0 unspecified atom stereocenters. The molecule has 0 radical (unpaired) electrons. The first-order valence-corrected chi connectivity index (χ1v) is 24.6. The molecule has 1 aromatic heterocycles. The fourth-order valence-corrected chi connectivity index (χ4v) is 13.8. The number of para-hydroxylation sites is 1. The summed E-state index contributed by atoms with van der Waals surface area (Å²) in [4.78, 5) is 2.58. The minimum absolute atomic E-state index is 0.602. The lowest BCUT2D eigenvalue weighted by atomic mass is 9.66. The predicted molar refractivity (Wildman–Crippen MR) is 286 cm³/mol. The Bertz CT molecular complexity index is 3990. The molecule has 0 saturated heterocycles. The molecule has 2 heterocycles. The van der Waals surface area contributed by atoms with Gasteiger partial charge in [0.2, 0.25) is 0 Å². The molecule has 322 valence electrons. The monoisotopic (exact) mass is 895 g/mol. The number of fused-ring (bicyclic) bond motifs is 16. The summed E-state index contributed by atoms with van der Waals surface area (Å²) >= 11 is 1.86. The summed E-state index contributed by atoms with van der Waals surface area (Å²) in [5, 5.41) is 4.95. The molecule has 0 bridgehead atoms. The van der Waals surface area contributed by atoms with Crippen molar-refractivity contribution in [2.75, 3.05) is 4.90 Å². The van der Waals surface area contributed by atoms with E-state index in [-0.39, 0.29) is 0 Å². The zero-order valence-corrected chi connectivity index (χ0v) is 38.3. The highest BCUT2D eigenvalue weighted by Crippen LogP contribution is 2.64. The second-order valence-electron chi connectivity index (χ2n) is 18.6. The third-order valence-electron chi connectivity index (χ3n) is 15.4. The number of ether oxygens (including phenoxy) is 1. The Kier molecular flexibility index (Phi) is 8.11. The van der Waals surface area contributed by atoms with E-state index < -0.39 is 10.8 Å². The Morgan fingerprint density at radius 3 is 1.67 bits per heavy atom. The summed E-state index contributed by atoms with van der Waals surface area (Å²) in [6.07, 6.45) is 0. The Morgan fingerprint density at radius 1 is 0.348 bits per heavy atom. The molecule has 1 aliphatic heterocycles. The van der Waals surface area contributed by atoms with E-state index in [0.717, 1.165) is 39.7 Å². The normalized spacial score (nSPS) is 14.1. The molecule has 3 heteroatoms. The minimum atomic E-state index is -0.625. The van der Waals surface area contributed by atoms with Crippen molar-refractivity contribution in [3.05, 3.63) is 293 Å². The van der Waals surface area contributed by atoms with Crippen LogP contribution >= 0.6 is 11.3 Å². The standard InChI is InChI=1S/C66H41NOS/c1-3-21-44(22-4-1)65(45-23-5-2-6-24-45)54-31-17-32-57(63(54)50-39-42-19-7-8-20-43(42)40-55(50)65)67(58-33-18-36-62-64(58)49-27-11-16-35-61(49)69-62)46-37-38-60-56(41-46)66(53-30-14-15-34-59(53)68-60)51-28-12-9-25-47(51)48-26-10-13-29-52(48)66/h1-41H. The number of thiophene rings is 1. The maximum absolute atomic E-state index is 7.03. The summed E-state index contributed by atoms with van der Waals surface area (Å²) in [5.74, 6) is 1.75. The average molecular weight is 896 g/mol. The van der Waals surface area contributed by atoms with E-state index in [1.807, 2.05) is 11.3 Å². The van der Waals surface area contributed by atoms with Gasteiger partial charge in [-0.05, 0) is 122 Å². The van der Waals surface area contributed by atoms with Gasteiger partial charge in [0, 0.05) is 42.6 Å². The van der Waals surface area contributed by atoms with Gasteiger partial charge in [0.05, 0.1) is 22.2 Å². The number of rotatable bonds is 5. The lowest BCUT2D eigenvalue weighted by Gasteiger charge is -2.40. The van der Waals surface area contributed by atoms with Gasteiger partial charge >= 0.3 is 0 Å².